The summed E-state index contributed by atoms with van der Waals surface area (Å²) >= 11 is 3.49. The Kier molecular flexibility index (Phi) is 3.38. The van der Waals surface area contributed by atoms with E-state index in [0.717, 1.165) is 39.3 Å². The van der Waals surface area contributed by atoms with Gasteiger partial charge in [-0.3, -0.25) is 4.79 Å². The minimum Gasteiger partial charge on any atom is -0.341 e. The maximum Gasteiger partial charge on any atom is 0.152 e. The van der Waals surface area contributed by atoms with Gasteiger partial charge in [-0.1, -0.05) is 28.9 Å². The molecule has 0 spiro atoms. The zero-order valence-electron chi connectivity index (χ0n) is 10.3. The summed E-state index contributed by atoms with van der Waals surface area (Å²) in [6.45, 7) is 6.36. The molecule has 0 radical (unpaired) electrons. The van der Waals surface area contributed by atoms with Gasteiger partial charge in [0.25, 0.3) is 0 Å². The number of carbonyl (C=O) groups is 1. The molecule has 0 bridgehead atoms. The highest BCUT2D eigenvalue weighted by Gasteiger charge is 2.16. The van der Waals surface area contributed by atoms with Crippen LogP contribution in [-0.2, 0) is 0 Å². The Bertz CT molecular complexity index is 571. The average Bonchev–Trinajstić information content (AvgIpc) is 2.59. The topological polar surface area (TPSA) is 22.0 Å². The zero-order valence-corrected chi connectivity index (χ0v) is 11.9. The first kappa shape index (κ1) is 12.4. The first-order valence-corrected chi connectivity index (χ1v) is 6.64. The largest absolute Gasteiger partial charge is 0.341 e. The quantitative estimate of drug-likeness (QED) is 0.764. The van der Waals surface area contributed by atoms with Crippen LogP contribution < -0.4 is 0 Å². The number of carbonyl (C=O) groups excluding carboxylic acids is 1. The molecule has 0 fully saturated rings. The summed E-state index contributed by atoms with van der Waals surface area (Å²) in [6.07, 6.45) is 2.01. The van der Waals surface area contributed by atoms with Crippen LogP contribution in [0.1, 0.15) is 42.4 Å². The predicted octanol–water partition coefficient (Wildman–Crippen LogP) is 4.50. The zero-order chi connectivity index (χ0) is 12.6. The molecular weight excluding hydrogens is 278 g/mol. The van der Waals surface area contributed by atoms with Crippen LogP contribution in [0.4, 0.5) is 0 Å². The van der Waals surface area contributed by atoms with Crippen molar-refractivity contribution in [3.63, 3.8) is 0 Å². The van der Waals surface area contributed by atoms with Gasteiger partial charge in [0.1, 0.15) is 0 Å². The van der Waals surface area contributed by atoms with Crippen LogP contribution in [0.3, 0.4) is 0 Å². The van der Waals surface area contributed by atoms with Crippen molar-refractivity contribution >= 4 is 33.1 Å². The Hall–Kier alpha value is -1.09. The molecule has 2 nitrogen and oxygen atoms in total. The van der Waals surface area contributed by atoms with Crippen molar-refractivity contribution in [2.24, 2.45) is 0 Å². The summed E-state index contributed by atoms with van der Waals surface area (Å²) in [4.78, 5) is 11.2. The lowest BCUT2D eigenvalue weighted by atomic mass is 10.1. The van der Waals surface area contributed by atoms with Gasteiger partial charge < -0.3 is 4.57 Å². The van der Waals surface area contributed by atoms with Gasteiger partial charge in [-0.05, 0) is 32.4 Å². The molecule has 1 unspecified atom stereocenters. The third-order valence-electron chi connectivity index (χ3n) is 3.41. The fourth-order valence-corrected chi connectivity index (χ4v) is 2.69. The van der Waals surface area contributed by atoms with E-state index in [-0.39, 0.29) is 0 Å². The van der Waals surface area contributed by atoms with Crippen LogP contribution in [-0.4, -0.2) is 10.9 Å². The number of fused-ring (bicyclic) bond motifs is 1. The summed E-state index contributed by atoms with van der Waals surface area (Å²) in [6, 6.07) is 6.48. The van der Waals surface area contributed by atoms with E-state index in [9.17, 15) is 4.79 Å². The van der Waals surface area contributed by atoms with Gasteiger partial charge in [0.15, 0.2) is 6.29 Å². The number of hydrogen-bond acceptors (Lipinski definition) is 1. The fourth-order valence-electron chi connectivity index (χ4n) is 2.34. The molecule has 0 aliphatic carbocycles. The fraction of sp³-hybridized carbons (Fsp3) is 0.357. The van der Waals surface area contributed by atoms with Crippen molar-refractivity contribution in [3.8, 4) is 0 Å². The van der Waals surface area contributed by atoms with Crippen molar-refractivity contribution < 1.29 is 4.79 Å². The molecule has 1 aromatic carbocycles. The Morgan fingerprint density at radius 3 is 2.76 bits per heavy atom. The maximum absolute atomic E-state index is 11.2. The first-order chi connectivity index (χ1) is 8.10. The number of nitrogens with zero attached hydrogens (tertiary/aromatic N) is 1. The van der Waals surface area contributed by atoms with Crippen molar-refractivity contribution in [1.29, 1.82) is 0 Å². The molecule has 2 aromatic rings. The molecule has 17 heavy (non-hydrogen) atoms. The standard InChI is InChI=1S/C14H16BrNO/c1-4-9(2)16-10(3)13(8-17)12-6-5-11(15)7-14(12)16/h5-9H,4H2,1-3H3. The van der Waals surface area contributed by atoms with Crippen LogP contribution in [0.15, 0.2) is 22.7 Å². The van der Waals surface area contributed by atoms with E-state index in [1.54, 1.807) is 0 Å². The molecule has 3 heteroatoms. The molecular formula is C14H16BrNO. The predicted molar refractivity (Wildman–Crippen MR) is 74.8 cm³/mol. The molecule has 90 valence electrons. The number of aromatic nitrogens is 1. The second kappa shape index (κ2) is 4.65. The molecule has 0 amide bonds. The highest BCUT2D eigenvalue weighted by Crippen LogP contribution is 2.31. The second-order valence-electron chi connectivity index (χ2n) is 4.41. The van der Waals surface area contributed by atoms with Gasteiger partial charge in [0.2, 0.25) is 0 Å². The van der Waals surface area contributed by atoms with Gasteiger partial charge in [-0.15, -0.1) is 0 Å². The van der Waals surface area contributed by atoms with E-state index in [0.29, 0.717) is 6.04 Å². The van der Waals surface area contributed by atoms with Crippen LogP contribution in [0.2, 0.25) is 0 Å². The summed E-state index contributed by atoms with van der Waals surface area (Å²) < 4.78 is 3.30. The summed E-state index contributed by atoms with van der Waals surface area (Å²) in [5.74, 6) is 0. The molecule has 0 aliphatic rings. The summed E-state index contributed by atoms with van der Waals surface area (Å²) in [7, 11) is 0. The van der Waals surface area contributed by atoms with Gasteiger partial charge in [0.05, 0.1) is 5.52 Å². The lowest BCUT2D eigenvalue weighted by Gasteiger charge is -2.15. The molecule has 1 atom stereocenters. The van der Waals surface area contributed by atoms with Crippen LogP contribution in [0, 0.1) is 6.92 Å². The maximum atomic E-state index is 11.2. The number of halogens is 1. The van der Waals surface area contributed by atoms with Crippen molar-refractivity contribution in [1.82, 2.24) is 4.57 Å². The minimum atomic E-state index is 0.403. The van der Waals surface area contributed by atoms with Crippen LogP contribution >= 0.6 is 15.9 Å². The van der Waals surface area contributed by atoms with Crippen molar-refractivity contribution in [2.75, 3.05) is 0 Å². The smallest absolute Gasteiger partial charge is 0.152 e. The van der Waals surface area contributed by atoms with E-state index < -0.39 is 0 Å². The van der Waals surface area contributed by atoms with E-state index in [2.05, 4.69) is 40.4 Å². The Balaban J connectivity index is 2.85. The van der Waals surface area contributed by atoms with Crippen LogP contribution in [0.25, 0.3) is 10.9 Å². The van der Waals surface area contributed by atoms with E-state index in [1.165, 1.54) is 0 Å². The lowest BCUT2D eigenvalue weighted by molar-refractivity contribution is 0.112. The van der Waals surface area contributed by atoms with Crippen molar-refractivity contribution in [3.05, 3.63) is 33.9 Å². The minimum absolute atomic E-state index is 0.403. The van der Waals surface area contributed by atoms with Gasteiger partial charge in [-0.25, -0.2) is 0 Å². The van der Waals surface area contributed by atoms with E-state index >= 15 is 0 Å². The molecule has 0 saturated heterocycles. The number of aldehydes is 1. The monoisotopic (exact) mass is 293 g/mol. The first-order valence-electron chi connectivity index (χ1n) is 5.85. The van der Waals surface area contributed by atoms with Gasteiger partial charge in [0, 0.05) is 27.2 Å². The Morgan fingerprint density at radius 2 is 2.18 bits per heavy atom. The Morgan fingerprint density at radius 1 is 1.47 bits per heavy atom. The lowest BCUT2D eigenvalue weighted by Crippen LogP contribution is -2.05. The molecule has 0 aliphatic heterocycles. The highest BCUT2D eigenvalue weighted by atomic mass is 79.9. The average molecular weight is 294 g/mol. The third kappa shape index (κ3) is 1.93. The van der Waals surface area contributed by atoms with Gasteiger partial charge in [-0.2, -0.15) is 0 Å². The third-order valence-corrected chi connectivity index (χ3v) is 3.90. The molecule has 0 saturated carbocycles. The van der Waals surface area contributed by atoms with E-state index in [1.807, 2.05) is 19.1 Å². The molecule has 2 rings (SSSR count). The normalized spacial score (nSPS) is 12.9. The SMILES string of the molecule is CCC(C)n1c(C)c(C=O)c2ccc(Br)cc21. The van der Waals surface area contributed by atoms with E-state index in [4.69, 9.17) is 0 Å². The highest BCUT2D eigenvalue weighted by molar-refractivity contribution is 9.10. The number of hydrogen-bond donors (Lipinski definition) is 0. The van der Waals surface area contributed by atoms with Crippen LogP contribution in [0.5, 0.6) is 0 Å². The van der Waals surface area contributed by atoms with Crippen molar-refractivity contribution in [2.45, 2.75) is 33.2 Å². The molecule has 1 heterocycles. The summed E-state index contributed by atoms with van der Waals surface area (Å²) in [5.41, 5.74) is 3.00. The Labute approximate surface area is 110 Å². The van der Waals surface area contributed by atoms with Gasteiger partial charge >= 0.3 is 0 Å². The molecule has 1 aromatic heterocycles. The number of rotatable bonds is 3. The summed E-state index contributed by atoms with van der Waals surface area (Å²) in [5, 5.41) is 1.04. The number of benzene rings is 1. The molecule has 0 N–H and O–H groups in total. The second-order valence-corrected chi connectivity index (χ2v) is 5.32.